The van der Waals surface area contributed by atoms with E-state index < -0.39 is 0 Å². The van der Waals surface area contributed by atoms with Crippen molar-refractivity contribution in [2.75, 3.05) is 0 Å². The maximum absolute atomic E-state index is 8.15. The summed E-state index contributed by atoms with van der Waals surface area (Å²) in [6.45, 7) is 8.69. The first-order chi connectivity index (χ1) is 4.22. The van der Waals surface area contributed by atoms with Gasteiger partial charge in [0.1, 0.15) is 0 Å². The molecule has 1 N–H and O–H groups in total. The van der Waals surface area contributed by atoms with Crippen LogP contribution in [-0.2, 0) is 4.89 Å². The highest BCUT2D eigenvalue weighted by Gasteiger charge is 1.93. The first-order valence-corrected chi connectivity index (χ1v) is 2.52. The lowest BCUT2D eigenvalue weighted by atomic mass is 10.3. The van der Waals surface area contributed by atoms with Gasteiger partial charge in [-0.3, -0.25) is 0 Å². The van der Waals surface area contributed by atoms with Crippen LogP contribution in [-0.4, -0.2) is 5.26 Å². The summed E-state index contributed by atoms with van der Waals surface area (Å²) in [4.78, 5) is 3.94. The van der Waals surface area contributed by atoms with Crippen molar-refractivity contribution >= 4 is 0 Å². The second-order valence-electron chi connectivity index (χ2n) is 1.64. The molecule has 0 rings (SSSR count). The summed E-state index contributed by atoms with van der Waals surface area (Å²) in [7, 11) is 0. The standard InChI is InChI=1S/C7H10O2/c1-4-5-7(9-8)6(2)3/h4-5,8H,1-2H2,3H3/b7-5+. The van der Waals surface area contributed by atoms with Crippen LogP contribution in [0.1, 0.15) is 6.92 Å². The minimum atomic E-state index is 0.338. The van der Waals surface area contributed by atoms with Gasteiger partial charge < -0.3 is 4.89 Å². The second kappa shape index (κ2) is 3.92. The van der Waals surface area contributed by atoms with Crippen LogP contribution in [0.5, 0.6) is 0 Å². The Hall–Kier alpha value is -1.02. The van der Waals surface area contributed by atoms with Crippen LogP contribution in [0.3, 0.4) is 0 Å². The van der Waals surface area contributed by atoms with Crippen LogP contribution in [0, 0.1) is 0 Å². The number of allylic oxidation sites excluding steroid dienone is 3. The maximum atomic E-state index is 8.15. The Morgan fingerprint density at radius 2 is 2.22 bits per heavy atom. The highest BCUT2D eigenvalue weighted by Crippen LogP contribution is 2.05. The number of hydrogen-bond donors (Lipinski definition) is 1. The van der Waals surface area contributed by atoms with Crippen molar-refractivity contribution in [3.63, 3.8) is 0 Å². The van der Waals surface area contributed by atoms with Crippen LogP contribution < -0.4 is 0 Å². The Morgan fingerprint density at radius 3 is 2.33 bits per heavy atom. The van der Waals surface area contributed by atoms with Crippen LogP contribution in [0.4, 0.5) is 0 Å². The molecule has 0 aromatic heterocycles. The van der Waals surface area contributed by atoms with Gasteiger partial charge in [0.2, 0.25) is 0 Å². The van der Waals surface area contributed by atoms with Crippen molar-refractivity contribution in [2.24, 2.45) is 0 Å². The van der Waals surface area contributed by atoms with E-state index in [1.807, 2.05) is 0 Å². The van der Waals surface area contributed by atoms with Crippen molar-refractivity contribution < 1.29 is 10.1 Å². The Balaban J connectivity index is 4.14. The smallest absolute Gasteiger partial charge is 0.167 e. The molecule has 0 amide bonds. The molecule has 2 nitrogen and oxygen atoms in total. The highest BCUT2D eigenvalue weighted by atomic mass is 17.1. The summed E-state index contributed by atoms with van der Waals surface area (Å²) in [5, 5.41) is 8.15. The van der Waals surface area contributed by atoms with E-state index in [1.54, 1.807) is 6.92 Å². The number of rotatable bonds is 3. The van der Waals surface area contributed by atoms with Crippen molar-refractivity contribution in [1.29, 1.82) is 0 Å². The van der Waals surface area contributed by atoms with Gasteiger partial charge in [-0.05, 0) is 18.6 Å². The van der Waals surface area contributed by atoms with Crippen molar-refractivity contribution in [2.45, 2.75) is 6.92 Å². The van der Waals surface area contributed by atoms with E-state index in [0.717, 1.165) is 0 Å². The topological polar surface area (TPSA) is 29.5 Å². The molecule has 50 valence electrons. The molecule has 0 unspecified atom stereocenters. The molecule has 0 aliphatic rings. The van der Waals surface area contributed by atoms with E-state index in [-0.39, 0.29) is 0 Å². The van der Waals surface area contributed by atoms with Crippen molar-refractivity contribution in [1.82, 2.24) is 0 Å². The van der Waals surface area contributed by atoms with E-state index in [9.17, 15) is 0 Å². The van der Waals surface area contributed by atoms with Gasteiger partial charge in [-0.25, -0.2) is 5.26 Å². The fraction of sp³-hybridized carbons (Fsp3) is 0.143. The zero-order valence-corrected chi connectivity index (χ0v) is 5.42. The minimum Gasteiger partial charge on any atom is -0.340 e. The average Bonchev–Trinajstić information content (AvgIpc) is 1.82. The summed E-state index contributed by atoms with van der Waals surface area (Å²) < 4.78 is 0. The minimum absolute atomic E-state index is 0.338. The van der Waals surface area contributed by atoms with Crippen LogP contribution in [0.2, 0.25) is 0 Å². The molecule has 0 aliphatic heterocycles. The molecule has 0 aromatic carbocycles. The van der Waals surface area contributed by atoms with Gasteiger partial charge >= 0.3 is 0 Å². The Bertz CT molecular complexity index is 145. The van der Waals surface area contributed by atoms with Crippen LogP contribution in [0.15, 0.2) is 36.6 Å². The third kappa shape index (κ3) is 2.72. The summed E-state index contributed by atoms with van der Waals surface area (Å²) in [6, 6.07) is 0. The van der Waals surface area contributed by atoms with E-state index in [0.29, 0.717) is 11.3 Å². The Labute approximate surface area is 54.7 Å². The molecule has 0 saturated carbocycles. The van der Waals surface area contributed by atoms with Crippen molar-refractivity contribution in [3.05, 3.63) is 36.6 Å². The summed E-state index contributed by atoms with van der Waals surface area (Å²) in [6.07, 6.45) is 3.04. The van der Waals surface area contributed by atoms with Gasteiger partial charge in [0.25, 0.3) is 0 Å². The lowest BCUT2D eigenvalue weighted by Gasteiger charge is -1.98. The second-order valence-corrected chi connectivity index (χ2v) is 1.64. The zero-order valence-electron chi connectivity index (χ0n) is 5.42. The van der Waals surface area contributed by atoms with Crippen LogP contribution >= 0.6 is 0 Å². The summed E-state index contributed by atoms with van der Waals surface area (Å²) in [5.41, 5.74) is 0.664. The van der Waals surface area contributed by atoms with Gasteiger partial charge in [0.05, 0.1) is 0 Å². The van der Waals surface area contributed by atoms with Gasteiger partial charge in [-0.1, -0.05) is 19.2 Å². The van der Waals surface area contributed by atoms with E-state index in [4.69, 9.17) is 5.26 Å². The zero-order chi connectivity index (χ0) is 7.28. The summed E-state index contributed by atoms with van der Waals surface area (Å²) >= 11 is 0. The van der Waals surface area contributed by atoms with Gasteiger partial charge in [-0.2, -0.15) is 0 Å². The molecule has 0 aliphatic carbocycles. The van der Waals surface area contributed by atoms with E-state index in [2.05, 4.69) is 18.0 Å². The molecule has 0 bridgehead atoms. The molecular weight excluding hydrogens is 116 g/mol. The molecule has 0 saturated heterocycles. The quantitative estimate of drug-likeness (QED) is 0.271. The first kappa shape index (κ1) is 7.98. The molecule has 0 fully saturated rings. The molecule has 2 heteroatoms. The lowest BCUT2D eigenvalue weighted by molar-refractivity contribution is -0.199. The fourth-order valence-corrected chi connectivity index (χ4v) is 0.358. The highest BCUT2D eigenvalue weighted by molar-refractivity contribution is 5.23. The Morgan fingerprint density at radius 1 is 1.67 bits per heavy atom. The molecule has 0 atom stereocenters. The van der Waals surface area contributed by atoms with Crippen molar-refractivity contribution in [3.8, 4) is 0 Å². The third-order valence-corrected chi connectivity index (χ3v) is 0.788. The average molecular weight is 126 g/mol. The van der Waals surface area contributed by atoms with Gasteiger partial charge in [0.15, 0.2) is 5.76 Å². The third-order valence-electron chi connectivity index (χ3n) is 0.788. The fourth-order valence-electron chi connectivity index (χ4n) is 0.358. The molecule has 0 heterocycles. The van der Waals surface area contributed by atoms with Gasteiger partial charge in [0, 0.05) is 0 Å². The predicted octanol–water partition coefficient (Wildman–Crippen LogP) is 2.12. The van der Waals surface area contributed by atoms with Gasteiger partial charge in [-0.15, -0.1) is 0 Å². The van der Waals surface area contributed by atoms with Crippen LogP contribution in [0.25, 0.3) is 0 Å². The monoisotopic (exact) mass is 126 g/mol. The molecule has 9 heavy (non-hydrogen) atoms. The first-order valence-electron chi connectivity index (χ1n) is 2.52. The summed E-state index contributed by atoms with van der Waals surface area (Å²) in [5.74, 6) is 0.338. The molecular formula is C7H10O2. The lowest BCUT2D eigenvalue weighted by Crippen LogP contribution is -1.85. The Kier molecular flexibility index (Phi) is 3.48. The molecule has 0 spiro atoms. The number of hydrogen-bond acceptors (Lipinski definition) is 2. The molecule has 0 aromatic rings. The SMILES string of the molecule is C=C/C=C(/OO)C(=C)C. The van der Waals surface area contributed by atoms with E-state index >= 15 is 0 Å². The maximum Gasteiger partial charge on any atom is 0.167 e. The normalized spacial score (nSPS) is 10.7. The molecule has 0 radical (unpaired) electrons. The largest absolute Gasteiger partial charge is 0.340 e. The predicted molar refractivity (Wildman–Crippen MR) is 36.8 cm³/mol. The van der Waals surface area contributed by atoms with E-state index in [1.165, 1.54) is 12.2 Å².